The van der Waals surface area contributed by atoms with Gasteiger partial charge in [0.1, 0.15) is 11.4 Å². The molecule has 4 heteroatoms. The van der Waals surface area contributed by atoms with E-state index in [0.29, 0.717) is 5.56 Å². The fraction of sp³-hybridized carbons (Fsp3) is 0.375. The molecule has 0 radical (unpaired) electrons. The van der Waals surface area contributed by atoms with Gasteiger partial charge in [0, 0.05) is 18.3 Å². The summed E-state index contributed by atoms with van der Waals surface area (Å²) in [4.78, 5) is 3.61. The van der Waals surface area contributed by atoms with E-state index in [2.05, 4.69) is 4.98 Å². The lowest BCUT2D eigenvalue weighted by Crippen LogP contribution is -2.31. The van der Waals surface area contributed by atoms with Gasteiger partial charge in [-0.3, -0.25) is 4.98 Å². The molecule has 1 heterocycles. The number of rotatable bonds is 2. The van der Waals surface area contributed by atoms with Crippen molar-refractivity contribution in [2.24, 2.45) is 5.73 Å². The van der Waals surface area contributed by atoms with Crippen molar-refractivity contribution in [3.8, 4) is 0 Å². The van der Waals surface area contributed by atoms with Crippen molar-refractivity contribution in [1.82, 2.24) is 4.98 Å². The van der Waals surface area contributed by atoms with Crippen LogP contribution < -0.4 is 5.73 Å². The number of aromatic nitrogens is 1. The van der Waals surface area contributed by atoms with Gasteiger partial charge in [0.05, 0.1) is 6.20 Å². The summed E-state index contributed by atoms with van der Waals surface area (Å²) in [6.07, 6.45) is 2.48. The van der Waals surface area contributed by atoms with Crippen molar-refractivity contribution < 1.29 is 9.50 Å². The molecule has 0 aliphatic heterocycles. The molecule has 0 saturated heterocycles. The van der Waals surface area contributed by atoms with Gasteiger partial charge in [-0.2, -0.15) is 0 Å². The van der Waals surface area contributed by atoms with Crippen molar-refractivity contribution in [3.05, 3.63) is 29.8 Å². The van der Waals surface area contributed by atoms with Crippen LogP contribution in [0.15, 0.2) is 18.5 Å². The van der Waals surface area contributed by atoms with Crippen LogP contribution in [0.2, 0.25) is 0 Å². The molecular weight excluding hydrogens is 159 g/mol. The molecule has 0 fully saturated rings. The lowest BCUT2D eigenvalue weighted by Gasteiger charge is -2.20. The number of halogens is 1. The van der Waals surface area contributed by atoms with Crippen LogP contribution in [0.3, 0.4) is 0 Å². The van der Waals surface area contributed by atoms with Crippen molar-refractivity contribution in [2.45, 2.75) is 12.5 Å². The van der Waals surface area contributed by atoms with E-state index in [4.69, 9.17) is 5.73 Å². The summed E-state index contributed by atoms with van der Waals surface area (Å²) in [5, 5.41) is 9.59. The monoisotopic (exact) mass is 170 g/mol. The largest absolute Gasteiger partial charge is 0.384 e. The Kier molecular flexibility index (Phi) is 2.40. The quantitative estimate of drug-likeness (QED) is 0.674. The van der Waals surface area contributed by atoms with Crippen molar-refractivity contribution >= 4 is 0 Å². The molecule has 0 spiro atoms. The lowest BCUT2D eigenvalue weighted by atomic mass is 9.98. The normalized spacial score (nSPS) is 15.7. The summed E-state index contributed by atoms with van der Waals surface area (Å²) >= 11 is 0. The summed E-state index contributed by atoms with van der Waals surface area (Å²) in [5.41, 5.74) is 4.48. The van der Waals surface area contributed by atoms with Gasteiger partial charge < -0.3 is 10.8 Å². The first-order valence-electron chi connectivity index (χ1n) is 3.60. The molecule has 12 heavy (non-hydrogen) atoms. The first-order valence-corrected chi connectivity index (χ1v) is 3.60. The van der Waals surface area contributed by atoms with E-state index in [1.807, 2.05) is 0 Å². The Balaban J connectivity index is 3.03. The maximum atomic E-state index is 12.6. The van der Waals surface area contributed by atoms with E-state index in [0.717, 1.165) is 6.20 Å². The SMILES string of the molecule is CC(O)(CN)c1cncc(F)c1. The molecule has 0 aliphatic rings. The molecule has 0 saturated carbocycles. The molecule has 3 N–H and O–H groups in total. The molecule has 0 aromatic carbocycles. The minimum absolute atomic E-state index is 0.0398. The second kappa shape index (κ2) is 3.16. The molecule has 0 amide bonds. The Bertz CT molecular complexity index is 276. The number of hydrogen-bond acceptors (Lipinski definition) is 3. The van der Waals surface area contributed by atoms with E-state index in [9.17, 15) is 9.50 Å². The Morgan fingerprint density at radius 1 is 1.67 bits per heavy atom. The smallest absolute Gasteiger partial charge is 0.141 e. The second-order valence-corrected chi connectivity index (χ2v) is 2.87. The highest BCUT2D eigenvalue weighted by Crippen LogP contribution is 2.18. The highest BCUT2D eigenvalue weighted by molar-refractivity contribution is 5.18. The van der Waals surface area contributed by atoms with E-state index in [-0.39, 0.29) is 6.54 Å². The van der Waals surface area contributed by atoms with Crippen molar-refractivity contribution in [3.63, 3.8) is 0 Å². The van der Waals surface area contributed by atoms with Gasteiger partial charge in [0.25, 0.3) is 0 Å². The molecule has 66 valence electrons. The summed E-state index contributed by atoms with van der Waals surface area (Å²) in [6, 6.07) is 1.22. The third kappa shape index (κ3) is 1.78. The van der Waals surface area contributed by atoms with Crippen molar-refractivity contribution in [2.75, 3.05) is 6.54 Å². The molecule has 1 aromatic heterocycles. The first kappa shape index (κ1) is 9.09. The third-order valence-electron chi connectivity index (χ3n) is 1.72. The average molecular weight is 170 g/mol. The zero-order chi connectivity index (χ0) is 9.19. The Morgan fingerprint density at radius 3 is 2.83 bits per heavy atom. The number of nitrogens with zero attached hydrogens (tertiary/aromatic N) is 1. The fourth-order valence-electron chi connectivity index (χ4n) is 0.824. The minimum Gasteiger partial charge on any atom is -0.384 e. The first-order chi connectivity index (χ1) is 5.56. The summed E-state index contributed by atoms with van der Waals surface area (Å²) in [6.45, 7) is 1.56. The second-order valence-electron chi connectivity index (χ2n) is 2.87. The number of pyridine rings is 1. The van der Waals surface area contributed by atoms with E-state index >= 15 is 0 Å². The molecule has 0 bridgehead atoms. The maximum Gasteiger partial charge on any atom is 0.141 e. The summed E-state index contributed by atoms with van der Waals surface area (Å²) in [7, 11) is 0. The van der Waals surface area contributed by atoms with Crippen LogP contribution >= 0.6 is 0 Å². The van der Waals surface area contributed by atoms with Gasteiger partial charge in [0.2, 0.25) is 0 Å². The van der Waals surface area contributed by atoms with Gasteiger partial charge in [-0.15, -0.1) is 0 Å². The van der Waals surface area contributed by atoms with Gasteiger partial charge in [-0.05, 0) is 13.0 Å². The van der Waals surface area contributed by atoms with Crippen LogP contribution in [0.4, 0.5) is 4.39 Å². The predicted octanol–water partition coefficient (Wildman–Crippen LogP) is 0.387. The van der Waals surface area contributed by atoms with Gasteiger partial charge in [-0.25, -0.2) is 4.39 Å². The predicted molar refractivity (Wildman–Crippen MR) is 42.8 cm³/mol. The minimum atomic E-state index is -1.20. The Labute approximate surface area is 70.0 Å². The molecule has 1 aromatic rings. The highest BCUT2D eigenvalue weighted by Gasteiger charge is 2.21. The van der Waals surface area contributed by atoms with Crippen LogP contribution in [0, 0.1) is 5.82 Å². The Morgan fingerprint density at radius 2 is 2.33 bits per heavy atom. The topological polar surface area (TPSA) is 59.1 Å². The zero-order valence-electron chi connectivity index (χ0n) is 6.79. The fourth-order valence-corrected chi connectivity index (χ4v) is 0.824. The van der Waals surface area contributed by atoms with Crippen LogP contribution in [0.25, 0.3) is 0 Å². The summed E-state index contributed by atoms with van der Waals surface area (Å²) < 4.78 is 12.6. The van der Waals surface area contributed by atoms with E-state index < -0.39 is 11.4 Å². The van der Waals surface area contributed by atoms with Gasteiger partial charge in [0.15, 0.2) is 0 Å². The molecular formula is C8H11FN2O. The lowest BCUT2D eigenvalue weighted by molar-refractivity contribution is 0.0661. The standard InChI is InChI=1S/C8H11FN2O/c1-8(12,5-10)6-2-7(9)4-11-3-6/h2-4,12H,5,10H2,1H3. The van der Waals surface area contributed by atoms with E-state index in [1.165, 1.54) is 19.2 Å². The highest BCUT2D eigenvalue weighted by atomic mass is 19.1. The Hall–Kier alpha value is -1.00. The van der Waals surface area contributed by atoms with E-state index in [1.54, 1.807) is 0 Å². The molecule has 0 aliphatic carbocycles. The number of hydrogen-bond donors (Lipinski definition) is 2. The van der Waals surface area contributed by atoms with Crippen LogP contribution in [-0.4, -0.2) is 16.6 Å². The van der Waals surface area contributed by atoms with Crippen LogP contribution in [-0.2, 0) is 5.60 Å². The van der Waals surface area contributed by atoms with Gasteiger partial charge in [-0.1, -0.05) is 0 Å². The third-order valence-corrected chi connectivity index (χ3v) is 1.72. The van der Waals surface area contributed by atoms with Crippen molar-refractivity contribution in [1.29, 1.82) is 0 Å². The van der Waals surface area contributed by atoms with Crippen LogP contribution in [0.5, 0.6) is 0 Å². The molecule has 1 rings (SSSR count). The number of aliphatic hydroxyl groups is 1. The zero-order valence-corrected chi connectivity index (χ0v) is 6.79. The molecule has 1 unspecified atom stereocenters. The average Bonchev–Trinajstić information content (AvgIpc) is 2.05. The number of nitrogens with two attached hydrogens (primary N) is 1. The summed E-state index contributed by atoms with van der Waals surface area (Å²) in [5.74, 6) is -0.471. The molecule has 3 nitrogen and oxygen atoms in total. The maximum absolute atomic E-state index is 12.6. The van der Waals surface area contributed by atoms with Crippen LogP contribution in [0.1, 0.15) is 12.5 Å². The molecule has 1 atom stereocenters. The van der Waals surface area contributed by atoms with Gasteiger partial charge >= 0.3 is 0 Å².